The number of benzene rings is 8. The van der Waals surface area contributed by atoms with Gasteiger partial charge in [-0.25, -0.2) is 9.97 Å². The van der Waals surface area contributed by atoms with Crippen molar-refractivity contribution in [1.82, 2.24) is 18.9 Å². The van der Waals surface area contributed by atoms with Crippen LogP contribution >= 0.6 is 11.3 Å². The van der Waals surface area contributed by atoms with Gasteiger partial charge < -0.3 is 4.40 Å². The summed E-state index contributed by atoms with van der Waals surface area (Å²) in [6.45, 7) is 0. The zero-order valence-corrected chi connectivity index (χ0v) is 31.3. The second-order valence-corrected chi connectivity index (χ2v) is 16.0. The Kier molecular flexibility index (Phi) is 6.29. The first-order chi connectivity index (χ1) is 28.3. The minimum Gasteiger partial charge on any atom is -0.308 e. The highest BCUT2D eigenvalue weighted by Gasteiger charge is 2.27. The summed E-state index contributed by atoms with van der Waals surface area (Å²) in [6.07, 6.45) is 0. The lowest BCUT2D eigenvalue weighted by Gasteiger charge is -2.12. The van der Waals surface area contributed by atoms with E-state index in [1.165, 1.54) is 86.7 Å². The Morgan fingerprint density at radius 3 is 1.74 bits per heavy atom. The molecule has 0 amide bonds. The Balaban J connectivity index is 1.17. The molecule has 0 saturated carbocycles. The van der Waals surface area contributed by atoms with E-state index >= 15 is 0 Å². The summed E-state index contributed by atoms with van der Waals surface area (Å²) >= 11 is 1.74. The van der Waals surface area contributed by atoms with E-state index < -0.39 is 0 Å². The fraction of sp³-hybridized carbons (Fsp3) is 0. The molecule has 13 rings (SSSR count). The maximum Gasteiger partial charge on any atom is 0.163 e. The fourth-order valence-corrected chi connectivity index (χ4v) is 10.4. The monoisotopic (exact) mass is 742 g/mol. The van der Waals surface area contributed by atoms with E-state index in [2.05, 4.69) is 191 Å². The van der Waals surface area contributed by atoms with Gasteiger partial charge in [0.15, 0.2) is 11.6 Å². The summed E-state index contributed by atoms with van der Waals surface area (Å²) < 4.78 is 6.15. The molecule has 13 aromatic rings. The summed E-state index contributed by atoms with van der Waals surface area (Å²) in [7, 11) is 0. The number of fused-ring (bicyclic) bond motifs is 13. The average molecular weight is 743 g/mol. The van der Waals surface area contributed by atoms with Crippen LogP contribution < -0.4 is 0 Å². The Morgan fingerprint density at radius 2 is 0.947 bits per heavy atom. The van der Waals surface area contributed by atoms with E-state index in [0.29, 0.717) is 0 Å². The lowest BCUT2D eigenvalue weighted by Crippen LogP contribution is -2.02. The first kappa shape index (κ1) is 30.9. The van der Waals surface area contributed by atoms with E-state index in [4.69, 9.17) is 9.97 Å². The third-order valence-corrected chi connectivity index (χ3v) is 13.0. The smallest absolute Gasteiger partial charge is 0.163 e. The topological polar surface area (TPSA) is 35.1 Å². The van der Waals surface area contributed by atoms with Gasteiger partial charge in [-0.15, -0.1) is 11.3 Å². The van der Waals surface area contributed by atoms with Gasteiger partial charge in [0, 0.05) is 48.0 Å². The molecule has 4 nitrogen and oxygen atoms in total. The summed E-state index contributed by atoms with van der Waals surface area (Å²) in [4.78, 5) is 11.9. The van der Waals surface area contributed by atoms with Crippen LogP contribution in [0.3, 0.4) is 0 Å². The van der Waals surface area contributed by atoms with Gasteiger partial charge in [-0.1, -0.05) is 152 Å². The van der Waals surface area contributed by atoms with E-state index in [-0.39, 0.29) is 0 Å². The molecule has 0 aliphatic carbocycles. The second kappa shape index (κ2) is 11.6. The normalized spacial score (nSPS) is 12.2. The number of rotatable bonds is 4. The molecule has 8 aromatic carbocycles. The molecule has 264 valence electrons. The highest BCUT2D eigenvalue weighted by atomic mass is 32.1. The van der Waals surface area contributed by atoms with Crippen LogP contribution in [0.5, 0.6) is 0 Å². The van der Waals surface area contributed by atoms with Crippen molar-refractivity contribution in [2.45, 2.75) is 0 Å². The molecule has 5 heterocycles. The molecule has 0 unspecified atom stereocenters. The minimum atomic E-state index is 0.718. The van der Waals surface area contributed by atoms with E-state index in [0.717, 1.165) is 32.9 Å². The van der Waals surface area contributed by atoms with Crippen LogP contribution in [-0.4, -0.2) is 18.9 Å². The summed E-state index contributed by atoms with van der Waals surface area (Å²) in [5.74, 6) is 1.62. The highest BCUT2D eigenvalue weighted by molar-refractivity contribution is 7.25. The Morgan fingerprint density at radius 1 is 0.368 bits per heavy atom. The molecule has 0 bridgehead atoms. The van der Waals surface area contributed by atoms with Crippen molar-refractivity contribution in [3.8, 4) is 39.5 Å². The van der Waals surface area contributed by atoms with Gasteiger partial charge in [0.2, 0.25) is 0 Å². The molecule has 5 heteroatoms. The van der Waals surface area contributed by atoms with Crippen LogP contribution in [-0.2, 0) is 0 Å². The zero-order chi connectivity index (χ0) is 37.2. The number of hydrogen-bond acceptors (Lipinski definition) is 3. The number of aromatic nitrogens is 4. The molecule has 0 aliphatic heterocycles. The van der Waals surface area contributed by atoms with E-state index in [1.807, 2.05) is 0 Å². The molecule has 0 N–H and O–H groups in total. The summed E-state index contributed by atoms with van der Waals surface area (Å²) in [6, 6.07) is 65.7. The van der Waals surface area contributed by atoms with Gasteiger partial charge >= 0.3 is 0 Å². The molecule has 0 spiro atoms. The molecule has 5 aromatic heterocycles. The molecule has 0 fully saturated rings. The zero-order valence-electron chi connectivity index (χ0n) is 30.5. The first-order valence-electron chi connectivity index (χ1n) is 19.3. The molecule has 57 heavy (non-hydrogen) atoms. The maximum absolute atomic E-state index is 5.61. The third-order valence-electron chi connectivity index (χ3n) is 11.9. The predicted molar refractivity (Wildman–Crippen MR) is 240 cm³/mol. The molecular formula is C52H30N4S. The van der Waals surface area contributed by atoms with Gasteiger partial charge in [0.05, 0.1) is 33.0 Å². The van der Waals surface area contributed by atoms with Crippen molar-refractivity contribution in [3.05, 3.63) is 182 Å². The van der Waals surface area contributed by atoms with Gasteiger partial charge in [-0.05, 0) is 52.6 Å². The first-order valence-corrected chi connectivity index (χ1v) is 20.2. The van der Waals surface area contributed by atoms with Gasteiger partial charge in [-0.2, -0.15) is 0 Å². The van der Waals surface area contributed by atoms with Crippen molar-refractivity contribution >= 4 is 91.5 Å². The van der Waals surface area contributed by atoms with Gasteiger partial charge in [0.1, 0.15) is 4.83 Å². The predicted octanol–water partition coefficient (Wildman–Crippen LogP) is 14.1. The van der Waals surface area contributed by atoms with Crippen LogP contribution in [0, 0.1) is 0 Å². The van der Waals surface area contributed by atoms with Gasteiger partial charge in [0.25, 0.3) is 0 Å². The standard InChI is InChI=1S/C52H30N4S/c1-3-13-31(14-4-1)33-23-25-34(26-24-33)50-53-51(47-39-19-9-12-22-45(39)57-52(47)54-50)56-42-20-10-7-17-36(42)40-30-41-37-28-27-35(32-15-5-2-6-16-32)29-44(37)55-43-21-11-8-18-38(43)46(48(41)55)49(40)56/h1-30H. The quantitative estimate of drug-likeness (QED) is 0.180. The van der Waals surface area contributed by atoms with Crippen LogP contribution in [0.2, 0.25) is 0 Å². The lowest BCUT2D eigenvalue weighted by molar-refractivity contribution is 1.08. The molecule has 0 radical (unpaired) electrons. The van der Waals surface area contributed by atoms with E-state index in [1.54, 1.807) is 11.3 Å². The van der Waals surface area contributed by atoms with Gasteiger partial charge in [-0.3, -0.25) is 4.57 Å². The Hall–Kier alpha value is -7.34. The van der Waals surface area contributed by atoms with Crippen molar-refractivity contribution < 1.29 is 0 Å². The lowest BCUT2D eigenvalue weighted by atomic mass is 10.0. The Labute approximate surface area is 330 Å². The van der Waals surface area contributed by atoms with Crippen LogP contribution in [0.15, 0.2) is 182 Å². The number of hydrogen-bond donors (Lipinski definition) is 0. The summed E-state index contributed by atoms with van der Waals surface area (Å²) in [5.41, 5.74) is 11.7. The SMILES string of the molecule is c1ccc(-c2ccc(-c3nc(-n4c5ccccc5c5cc6c7ccc(-c8ccccc8)cc7n7c8ccccc8c(c54)c67)c4c(n3)sc3ccccc34)cc2)cc1. The highest BCUT2D eigenvalue weighted by Crippen LogP contribution is 2.48. The second-order valence-electron chi connectivity index (χ2n) is 14.9. The summed E-state index contributed by atoms with van der Waals surface area (Å²) in [5, 5.41) is 9.67. The third kappa shape index (κ3) is 4.32. The largest absolute Gasteiger partial charge is 0.308 e. The maximum atomic E-state index is 5.61. The fourth-order valence-electron chi connectivity index (χ4n) is 9.37. The molecule has 0 atom stereocenters. The van der Waals surface area contributed by atoms with Crippen molar-refractivity contribution in [1.29, 1.82) is 0 Å². The van der Waals surface area contributed by atoms with Crippen LogP contribution in [0.1, 0.15) is 0 Å². The van der Waals surface area contributed by atoms with Crippen molar-refractivity contribution in [2.24, 2.45) is 0 Å². The van der Waals surface area contributed by atoms with Crippen LogP contribution in [0.4, 0.5) is 0 Å². The molecule has 0 aliphatic rings. The van der Waals surface area contributed by atoms with Crippen LogP contribution in [0.25, 0.3) is 120 Å². The van der Waals surface area contributed by atoms with Crippen molar-refractivity contribution in [3.63, 3.8) is 0 Å². The molecule has 0 saturated heterocycles. The minimum absolute atomic E-state index is 0.718. The number of nitrogens with zero attached hydrogens (tertiary/aromatic N) is 4. The molecular weight excluding hydrogens is 713 g/mol. The number of thiophene rings is 1. The van der Waals surface area contributed by atoms with Crippen molar-refractivity contribution in [2.75, 3.05) is 0 Å². The van der Waals surface area contributed by atoms with E-state index in [9.17, 15) is 0 Å². The Bertz CT molecular complexity index is 3730. The average Bonchev–Trinajstić information content (AvgIpc) is 4.02. The number of para-hydroxylation sites is 2.